The van der Waals surface area contributed by atoms with Gasteiger partial charge in [-0.25, -0.2) is 4.79 Å². The van der Waals surface area contributed by atoms with E-state index in [-0.39, 0.29) is 12.1 Å². The minimum Gasteiger partial charge on any atom is -0.444 e. The van der Waals surface area contributed by atoms with Crippen LogP contribution >= 0.6 is 23.2 Å². The lowest BCUT2D eigenvalue weighted by Crippen LogP contribution is -2.49. The molecule has 4 rings (SSSR count). The van der Waals surface area contributed by atoms with E-state index in [1.807, 2.05) is 82.2 Å². The van der Waals surface area contributed by atoms with Gasteiger partial charge in [0.1, 0.15) is 5.60 Å². The van der Waals surface area contributed by atoms with Crippen LogP contribution < -0.4 is 4.90 Å². The third kappa shape index (κ3) is 7.61. The highest BCUT2D eigenvalue weighted by Gasteiger charge is 2.31. The molecule has 0 aliphatic carbocycles. The highest BCUT2D eigenvalue weighted by molar-refractivity contribution is 6.35. The zero-order chi connectivity index (χ0) is 29.7. The topological polar surface area (TPSA) is 69.5 Å². The standard InChI is InChI=1S/C33H36Cl2N4O2/c1-6-39(32(40)41-33(3,4)5)29-10-12-38(13-11-29)31-26(14-22(2)24-9-7-8-23(15-24)19-36)20-37-21-30(31)25-16-27(34)18-28(35)17-25/h7-9,14-18,20-21,29H,6,10-13H2,1-5H3. The third-order valence-electron chi connectivity index (χ3n) is 7.13. The minimum atomic E-state index is -0.540. The third-order valence-corrected chi connectivity index (χ3v) is 7.57. The lowest BCUT2D eigenvalue weighted by atomic mass is 9.96. The molecule has 1 fully saturated rings. The van der Waals surface area contributed by atoms with Crippen molar-refractivity contribution in [1.82, 2.24) is 9.88 Å². The molecule has 1 aliphatic rings. The van der Waals surface area contributed by atoms with Crippen molar-refractivity contribution < 1.29 is 9.53 Å². The second kappa shape index (κ2) is 13.0. The Hall–Kier alpha value is -3.53. The second-order valence-corrected chi connectivity index (χ2v) is 12.2. The Labute approximate surface area is 253 Å². The number of allylic oxidation sites excluding steroid dienone is 1. The molecule has 2 heterocycles. The van der Waals surface area contributed by atoms with Gasteiger partial charge < -0.3 is 14.5 Å². The van der Waals surface area contributed by atoms with Gasteiger partial charge in [-0.15, -0.1) is 0 Å². The van der Waals surface area contributed by atoms with E-state index >= 15 is 0 Å². The summed E-state index contributed by atoms with van der Waals surface area (Å²) in [4.78, 5) is 21.7. The highest BCUT2D eigenvalue weighted by atomic mass is 35.5. The summed E-state index contributed by atoms with van der Waals surface area (Å²) in [7, 11) is 0. The Kier molecular flexibility index (Phi) is 9.63. The van der Waals surface area contributed by atoms with E-state index in [2.05, 4.69) is 22.0 Å². The molecule has 0 saturated carbocycles. The number of piperidine rings is 1. The van der Waals surface area contributed by atoms with Crippen molar-refractivity contribution in [2.24, 2.45) is 0 Å². The fourth-order valence-corrected chi connectivity index (χ4v) is 5.78. The first kappa shape index (κ1) is 30.4. The van der Waals surface area contributed by atoms with Crippen LogP contribution in [0, 0.1) is 11.3 Å². The molecule has 1 aliphatic heterocycles. The molecule has 1 saturated heterocycles. The van der Waals surface area contributed by atoms with Crippen LogP contribution in [0.3, 0.4) is 0 Å². The summed E-state index contributed by atoms with van der Waals surface area (Å²) >= 11 is 12.8. The van der Waals surface area contributed by atoms with Gasteiger partial charge in [0.15, 0.2) is 0 Å². The van der Waals surface area contributed by atoms with Crippen molar-refractivity contribution in [3.63, 3.8) is 0 Å². The molecule has 8 heteroatoms. The fourth-order valence-electron chi connectivity index (χ4n) is 5.26. The smallest absolute Gasteiger partial charge is 0.410 e. The van der Waals surface area contributed by atoms with Crippen LogP contribution in [0.4, 0.5) is 10.5 Å². The van der Waals surface area contributed by atoms with Gasteiger partial charge in [0.2, 0.25) is 0 Å². The van der Waals surface area contributed by atoms with Gasteiger partial charge in [-0.05, 0) is 101 Å². The van der Waals surface area contributed by atoms with Crippen molar-refractivity contribution in [2.45, 2.75) is 59.1 Å². The Morgan fingerprint density at radius 3 is 2.44 bits per heavy atom. The van der Waals surface area contributed by atoms with Crippen LogP contribution in [-0.4, -0.2) is 47.3 Å². The van der Waals surface area contributed by atoms with E-state index in [4.69, 9.17) is 27.9 Å². The number of carbonyl (C=O) groups excluding carboxylic acids is 1. The molecule has 1 amide bonds. The second-order valence-electron chi connectivity index (χ2n) is 11.3. The van der Waals surface area contributed by atoms with E-state index in [1.165, 1.54) is 0 Å². The SMILES string of the molecule is CCN(C(=O)OC(C)(C)C)C1CCN(c2c(C=C(C)c3cccc(C#N)c3)cncc2-c2cc(Cl)cc(Cl)c2)CC1. The van der Waals surface area contributed by atoms with Gasteiger partial charge in [-0.2, -0.15) is 5.26 Å². The molecule has 0 atom stereocenters. The number of amides is 1. The summed E-state index contributed by atoms with van der Waals surface area (Å²) in [5.41, 5.74) is 5.87. The van der Waals surface area contributed by atoms with Crippen LogP contribution in [0.15, 0.2) is 54.9 Å². The van der Waals surface area contributed by atoms with Gasteiger partial charge in [0, 0.05) is 59.2 Å². The number of hydrogen-bond acceptors (Lipinski definition) is 5. The molecular weight excluding hydrogens is 555 g/mol. The Morgan fingerprint density at radius 2 is 1.83 bits per heavy atom. The number of nitrogens with zero attached hydrogens (tertiary/aromatic N) is 4. The van der Waals surface area contributed by atoms with E-state index in [0.29, 0.717) is 22.2 Å². The van der Waals surface area contributed by atoms with E-state index < -0.39 is 5.60 Å². The summed E-state index contributed by atoms with van der Waals surface area (Å²) in [6.07, 6.45) is 7.17. The van der Waals surface area contributed by atoms with E-state index in [1.54, 1.807) is 12.1 Å². The van der Waals surface area contributed by atoms with Crippen LogP contribution in [0.2, 0.25) is 10.0 Å². The molecule has 0 radical (unpaired) electrons. The predicted octanol–water partition coefficient (Wildman–Crippen LogP) is 8.71. The molecular formula is C33H36Cl2N4O2. The molecule has 2 aromatic carbocycles. The van der Waals surface area contributed by atoms with Crippen LogP contribution in [-0.2, 0) is 4.74 Å². The lowest BCUT2D eigenvalue weighted by Gasteiger charge is -2.40. The molecule has 41 heavy (non-hydrogen) atoms. The first-order chi connectivity index (χ1) is 19.5. The molecule has 6 nitrogen and oxygen atoms in total. The zero-order valence-electron chi connectivity index (χ0n) is 24.2. The maximum absolute atomic E-state index is 12.9. The number of nitriles is 1. The zero-order valence-corrected chi connectivity index (χ0v) is 25.8. The number of ether oxygens (including phenoxy) is 1. The molecule has 0 bridgehead atoms. The minimum absolute atomic E-state index is 0.0893. The number of aromatic nitrogens is 1. The van der Waals surface area contributed by atoms with Gasteiger partial charge in [0.25, 0.3) is 0 Å². The fraction of sp³-hybridized carbons (Fsp3) is 0.364. The van der Waals surface area contributed by atoms with Gasteiger partial charge in [-0.1, -0.05) is 35.3 Å². The van der Waals surface area contributed by atoms with E-state index in [0.717, 1.165) is 59.4 Å². The van der Waals surface area contributed by atoms with Crippen molar-refractivity contribution in [3.8, 4) is 17.2 Å². The van der Waals surface area contributed by atoms with Gasteiger partial charge >= 0.3 is 6.09 Å². The van der Waals surface area contributed by atoms with Crippen molar-refractivity contribution in [1.29, 1.82) is 5.26 Å². The van der Waals surface area contributed by atoms with Crippen LogP contribution in [0.25, 0.3) is 22.8 Å². The van der Waals surface area contributed by atoms with Gasteiger partial charge in [0.05, 0.1) is 17.3 Å². The summed E-state index contributed by atoms with van der Waals surface area (Å²) in [5.74, 6) is 0. The van der Waals surface area contributed by atoms with Crippen molar-refractivity contribution in [2.75, 3.05) is 24.5 Å². The average molecular weight is 592 g/mol. The number of anilines is 1. The summed E-state index contributed by atoms with van der Waals surface area (Å²) in [6, 6.07) is 15.4. The molecule has 1 aromatic heterocycles. The monoisotopic (exact) mass is 590 g/mol. The Balaban J connectivity index is 1.72. The number of benzene rings is 2. The highest BCUT2D eigenvalue weighted by Crippen LogP contribution is 2.39. The first-order valence-electron chi connectivity index (χ1n) is 13.9. The Bertz CT molecular complexity index is 1460. The average Bonchev–Trinajstić information content (AvgIpc) is 2.92. The molecule has 0 N–H and O–H groups in total. The normalized spacial score (nSPS) is 14.5. The Morgan fingerprint density at radius 1 is 1.15 bits per heavy atom. The maximum Gasteiger partial charge on any atom is 0.410 e. The first-order valence-corrected chi connectivity index (χ1v) is 14.6. The van der Waals surface area contributed by atoms with Crippen LogP contribution in [0.1, 0.15) is 64.2 Å². The largest absolute Gasteiger partial charge is 0.444 e. The van der Waals surface area contributed by atoms with Crippen molar-refractivity contribution in [3.05, 3.63) is 81.6 Å². The quantitative estimate of drug-likeness (QED) is 0.287. The van der Waals surface area contributed by atoms with Crippen molar-refractivity contribution >= 4 is 46.6 Å². The number of pyridine rings is 1. The summed E-state index contributed by atoms with van der Waals surface area (Å²) in [5, 5.41) is 10.5. The number of hydrogen-bond donors (Lipinski definition) is 0. The number of carbonyl (C=O) groups is 1. The molecule has 214 valence electrons. The number of halogens is 2. The molecule has 0 spiro atoms. The van der Waals surface area contributed by atoms with E-state index in [9.17, 15) is 10.1 Å². The predicted molar refractivity (Wildman–Crippen MR) is 168 cm³/mol. The molecule has 0 unspecified atom stereocenters. The van der Waals surface area contributed by atoms with Gasteiger partial charge in [-0.3, -0.25) is 4.98 Å². The summed E-state index contributed by atoms with van der Waals surface area (Å²) < 4.78 is 5.69. The number of rotatable bonds is 6. The maximum atomic E-state index is 12.9. The lowest BCUT2D eigenvalue weighted by molar-refractivity contribution is 0.0149. The summed E-state index contributed by atoms with van der Waals surface area (Å²) in [6.45, 7) is 11.8. The molecule has 3 aromatic rings. The van der Waals surface area contributed by atoms with Crippen LogP contribution in [0.5, 0.6) is 0 Å².